The van der Waals surface area contributed by atoms with E-state index in [1.54, 1.807) is 0 Å². The fraction of sp³-hybridized carbons (Fsp3) is 0.300. The summed E-state index contributed by atoms with van der Waals surface area (Å²) in [5.74, 6) is -3.24. The van der Waals surface area contributed by atoms with Crippen molar-refractivity contribution in [3.8, 4) is 6.07 Å². The highest BCUT2D eigenvalue weighted by atomic mass is 19.4. The van der Waals surface area contributed by atoms with Crippen LogP contribution in [0.25, 0.3) is 11.2 Å². The summed E-state index contributed by atoms with van der Waals surface area (Å²) in [4.78, 5) is 15.2. The zero-order chi connectivity index (χ0) is 13.3. The van der Waals surface area contributed by atoms with Gasteiger partial charge in [0.05, 0.1) is 12.6 Å². The van der Waals surface area contributed by atoms with Crippen LogP contribution in [-0.4, -0.2) is 15.7 Å². The van der Waals surface area contributed by atoms with Crippen molar-refractivity contribution in [1.82, 2.24) is 9.55 Å². The normalized spacial score (nSPS) is 13.4. The predicted octanol–water partition coefficient (Wildman–Crippen LogP) is 1.69. The van der Waals surface area contributed by atoms with Gasteiger partial charge in [-0.15, -0.1) is 0 Å². The summed E-state index contributed by atoms with van der Waals surface area (Å²) in [7, 11) is 0. The largest absolute Gasteiger partial charge is 0.421 e. The average molecular weight is 257 g/mol. The summed E-state index contributed by atoms with van der Waals surface area (Å²) < 4.78 is 42.8. The van der Waals surface area contributed by atoms with Gasteiger partial charge in [0.15, 0.2) is 17.1 Å². The highest BCUT2D eigenvalue weighted by Crippen LogP contribution is 2.27. The van der Waals surface area contributed by atoms with Crippen LogP contribution < -0.4 is 5.76 Å². The van der Waals surface area contributed by atoms with Gasteiger partial charge in [0.2, 0.25) is 0 Å². The van der Waals surface area contributed by atoms with E-state index in [4.69, 9.17) is 9.68 Å². The van der Waals surface area contributed by atoms with E-state index < -0.39 is 24.4 Å². The molecule has 1 atom stereocenters. The Labute approximate surface area is 98.1 Å². The van der Waals surface area contributed by atoms with E-state index in [0.717, 1.165) is 6.07 Å². The third-order valence-electron chi connectivity index (χ3n) is 2.34. The van der Waals surface area contributed by atoms with Crippen LogP contribution in [0.5, 0.6) is 0 Å². The quantitative estimate of drug-likeness (QED) is 0.820. The third-order valence-corrected chi connectivity index (χ3v) is 2.34. The fourth-order valence-electron chi connectivity index (χ4n) is 1.46. The molecule has 0 spiro atoms. The fourth-order valence-corrected chi connectivity index (χ4v) is 1.46. The van der Waals surface area contributed by atoms with Crippen LogP contribution in [0.2, 0.25) is 0 Å². The van der Waals surface area contributed by atoms with Gasteiger partial charge in [0.1, 0.15) is 0 Å². The van der Waals surface area contributed by atoms with Crippen molar-refractivity contribution in [2.45, 2.75) is 12.7 Å². The molecule has 0 aliphatic carbocycles. The summed E-state index contributed by atoms with van der Waals surface area (Å²) in [5, 5.41) is 8.49. The van der Waals surface area contributed by atoms with Crippen LogP contribution in [0.15, 0.2) is 27.5 Å². The lowest BCUT2D eigenvalue weighted by atomic mass is 10.1. The van der Waals surface area contributed by atoms with Crippen LogP contribution in [0.4, 0.5) is 13.2 Å². The average Bonchev–Trinajstić information content (AvgIpc) is 2.60. The Morgan fingerprint density at radius 3 is 2.89 bits per heavy atom. The van der Waals surface area contributed by atoms with Gasteiger partial charge in [-0.1, -0.05) is 0 Å². The Bertz CT molecular complexity index is 665. The first-order valence-corrected chi connectivity index (χ1v) is 4.84. The van der Waals surface area contributed by atoms with Gasteiger partial charge in [-0.3, -0.25) is 4.57 Å². The molecule has 1 unspecified atom stereocenters. The van der Waals surface area contributed by atoms with Crippen LogP contribution in [0.3, 0.4) is 0 Å². The molecule has 0 aliphatic rings. The maximum Gasteiger partial charge on any atom is 0.421 e. The SMILES string of the molecule is N#CC(Cn1c(=O)oc2cccnc21)C(F)(F)F. The lowest BCUT2D eigenvalue weighted by Gasteiger charge is -2.12. The first-order valence-electron chi connectivity index (χ1n) is 4.84. The molecular weight excluding hydrogens is 251 g/mol. The number of oxazole rings is 1. The molecule has 5 nitrogen and oxygen atoms in total. The smallest absolute Gasteiger partial charge is 0.406 e. The molecule has 0 radical (unpaired) electrons. The molecule has 0 saturated carbocycles. The van der Waals surface area contributed by atoms with Gasteiger partial charge in [0, 0.05) is 6.20 Å². The Morgan fingerprint density at radius 1 is 1.56 bits per heavy atom. The van der Waals surface area contributed by atoms with Gasteiger partial charge < -0.3 is 4.42 Å². The first-order chi connectivity index (χ1) is 8.43. The van der Waals surface area contributed by atoms with Crippen LogP contribution in [0, 0.1) is 17.2 Å². The third kappa shape index (κ3) is 2.07. The number of rotatable bonds is 2. The topological polar surface area (TPSA) is 71.8 Å². The molecule has 0 aromatic carbocycles. The van der Waals surface area contributed by atoms with Gasteiger partial charge in [0.25, 0.3) is 0 Å². The lowest BCUT2D eigenvalue weighted by Crippen LogP contribution is -2.29. The second kappa shape index (κ2) is 4.18. The lowest BCUT2D eigenvalue weighted by molar-refractivity contribution is -0.162. The summed E-state index contributed by atoms with van der Waals surface area (Å²) in [6, 6.07) is 4.02. The van der Waals surface area contributed by atoms with E-state index in [1.165, 1.54) is 18.3 Å². The Hall–Kier alpha value is -2.30. The van der Waals surface area contributed by atoms with Crippen LogP contribution >= 0.6 is 0 Å². The highest BCUT2D eigenvalue weighted by molar-refractivity contribution is 5.67. The van der Waals surface area contributed by atoms with Crippen molar-refractivity contribution in [3.05, 3.63) is 28.9 Å². The molecule has 2 rings (SSSR count). The van der Waals surface area contributed by atoms with Crippen LogP contribution in [0.1, 0.15) is 0 Å². The molecule has 2 aromatic heterocycles. The molecule has 2 heterocycles. The molecule has 0 N–H and O–H groups in total. The number of alkyl halides is 3. The highest BCUT2D eigenvalue weighted by Gasteiger charge is 2.40. The second-order valence-electron chi connectivity index (χ2n) is 3.53. The number of hydrogen-bond donors (Lipinski definition) is 0. The number of hydrogen-bond acceptors (Lipinski definition) is 4. The molecule has 0 fully saturated rings. The monoisotopic (exact) mass is 257 g/mol. The number of halogens is 3. The van der Waals surface area contributed by atoms with E-state index in [9.17, 15) is 18.0 Å². The molecule has 0 saturated heterocycles. The van der Waals surface area contributed by atoms with Crippen molar-refractivity contribution >= 4 is 11.2 Å². The Morgan fingerprint density at radius 2 is 2.28 bits per heavy atom. The van der Waals surface area contributed by atoms with Crippen molar-refractivity contribution in [1.29, 1.82) is 5.26 Å². The van der Waals surface area contributed by atoms with Gasteiger partial charge in [-0.05, 0) is 12.1 Å². The van der Waals surface area contributed by atoms with Gasteiger partial charge >= 0.3 is 11.9 Å². The van der Waals surface area contributed by atoms with E-state index in [0.29, 0.717) is 4.57 Å². The van der Waals surface area contributed by atoms with Crippen molar-refractivity contribution in [3.63, 3.8) is 0 Å². The molecular formula is C10H6F3N3O2. The minimum atomic E-state index is -4.70. The standard InChI is InChI=1S/C10H6F3N3O2/c11-10(12,13)6(4-14)5-16-8-7(18-9(16)17)2-1-3-15-8/h1-3,6H,5H2. The summed E-state index contributed by atoms with van der Waals surface area (Å²) in [6.07, 6.45) is -3.38. The zero-order valence-corrected chi connectivity index (χ0v) is 8.81. The zero-order valence-electron chi connectivity index (χ0n) is 8.81. The number of aromatic nitrogens is 2. The molecule has 18 heavy (non-hydrogen) atoms. The minimum Gasteiger partial charge on any atom is -0.406 e. The van der Waals surface area contributed by atoms with Gasteiger partial charge in [-0.25, -0.2) is 9.78 Å². The van der Waals surface area contributed by atoms with Crippen LogP contribution in [-0.2, 0) is 6.54 Å². The molecule has 0 amide bonds. The first kappa shape index (κ1) is 12.2. The van der Waals surface area contributed by atoms with E-state index in [2.05, 4.69) is 4.98 Å². The Balaban J connectivity index is 2.47. The summed E-state index contributed by atoms with van der Waals surface area (Å²) >= 11 is 0. The Kier molecular flexibility index (Phi) is 2.82. The number of fused-ring (bicyclic) bond motifs is 1. The van der Waals surface area contributed by atoms with E-state index >= 15 is 0 Å². The molecule has 94 valence electrons. The molecule has 2 aromatic rings. The molecule has 0 bridgehead atoms. The van der Waals surface area contributed by atoms with Crippen molar-refractivity contribution in [2.24, 2.45) is 5.92 Å². The van der Waals surface area contributed by atoms with Crippen molar-refractivity contribution in [2.75, 3.05) is 0 Å². The van der Waals surface area contributed by atoms with Crippen molar-refractivity contribution < 1.29 is 17.6 Å². The number of nitrogens with zero attached hydrogens (tertiary/aromatic N) is 3. The van der Waals surface area contributed by atoms with Gasteiger partial charge in [-0.2, -0.15) is 18.4 Å². The number of pyridine rings is 1. The molecule has 8 heteroatoms. The summed E-state index contributed by atoms with van der Waals surface area (Å²) in [5.41, 5.74) is 0.0772. The van der Waals surface area contributed by atoms with E-state index in [-0.39, 0.29) is 11.2 Å². The number of nitriles is 1. The minimum absolute atomic E-state index is 0.00741. The molecule has 0 aliphatic heterocycles. The maximum absolute atomic E-state index is 12.5. The predicted molar refractivity (Wildman–Crippen MR) is 53.4 cm³/mol. The summed E-state index contributed by atoms with van der Waals surface area (Å²) in [6.45, 7) is -0.831. The maximum atomic E-state index is 12.5. The van der Waals surface area contributed by atoms with E-state index in [1.807, 2.05) is 0 Å². The second-order valence-corrected chi connectivity index (χ2v) is 3.53.